The van der Waals surface area contributed by atoms with Crippen LogP contribution in [0.15, 0.2) is 12.4 Å². The fourth-order valence-corrected chi connectivity index (χ4v) is 2.93. The third kappa shape index (κ3) is 2.45. The molecule has 1 fully saturated rings. The maximum Gasteiger partial charge on any atom is 0.138 e. The quantitative estimate of drug-likeness (QED) is 0.877. The van der Waals surface area contributed by atoms with Gasteiger partial charge in [0, 0.05) is 24.0 Å². The lowest BCUT2D eigenvalue weighted by molar-refractivity contribution is 0.0806. The maximum atomic E-state index is 5.43. The molecule has 6 heteroatoms. The fraction of sp³-hybridized carbons (Fsp3) is 0.500. The summed E-state index contributed by atoms with van der Waals surface area (Å²) in [5, 5.41) is 7.91. The standard InChI is InChI=1S/C12H16N4OS/c1-8-4-10-11(15-7-16-12(10)18-8)14-5-9-6-17-3-2-13-9/h4,7,9,13H,2-3,5-6H2,1H3,(H,14,15,16). The van der Waals surface area contributed by atoms with Crippen LogP contribution in [0.3, 0.4) is 0 Å². The summed E-state index contributed by atoms with van der Waals surface area (Å²) >= 11 is 1.70. The highest BCUT2D eigenvalue weighted by atomic mass is 32.1. The van der Waals surface area contributed by atoms with Crippen LogP contribution in [0.4, 0.5) is 5.82 Å². The smallest absolute Gasteiger partial charge is 0.138 e. The maximum absolute atomic E-state index is 5.43. The number of aromatic nitrogens is 2. The van der Waals surface area contributed by atoms with E-state index in [1.165, 1.54) is 4.88 Å². The molecule has 1 unspecified atom stereocenters. The van der Waals surface area contributed by atoms with E-state index in [9.17, 15) is 0 Å². The van der Waals surface area contributed by atoms with Crippen molar-refractivity contribution in [2.75, 3.05) is 31.6 Å². The van der Waals surface area contributed by atoms with Crippen molar-refractivity contribution >= 4 is 27.4 Å². The number of hydrogen-bond donors (Lipinski definition) is 2. The number of nitrogens with one attached hydrogen (secondary N) is 2. The Hall–Kier alpha value is -1.24. The number of rotatable bonds is 3. The Kier molecular flexibility index (Phi) is 3.40. The molecule has 0 amide bonds. The molecule has 1 aliphatic heterocycles. The fourth-order valence-electron chi connectivity index (χ4n) is 2.09. The van der Waals surface area contributed by atoms with Crippen LogP contribution in [0.25, 0.3) is 10.2 Å². The first-order chi connectivity index (χ1) is 8.83. The lowest BCUT2D eigenvalue weighted by Gasteiger charge is -2.24. The van der Waals surface area contributed by atoms with Crippen LogP contribution in [-0.4, -0.2) is 42.3 Å². The Morgan fingerprint density at radius 1 is 1.56 bits per heavy atom. The highest BCUT2D eigenvalue weighted by Gasteiger charge is 2.13. The number of aryl methyl sites for hydroxylation is 1. The van der Waals surface area contributed by atoms with Crippen molar-refractivity contribution in [2.45, 2.75) is 13.0 Å². The van der Waals surface area contributed by atoms with Crippen LogP contribution >= 0.6 is 11.3 Å². The van der Waals surface area contributed by atoms with Crippen molar-refractivity contribution in [2.24, 2.45) is 0 Å². The van der Waals surface area contributed by atoms with Gasteiger partial charge in [0.05, 0.1) is 18.6 Å². The molecule has 2 aromatic heterocycles. The van der Waals surface area contributed by atoms with Crippen LogP contribution in [-0.2, 0) is 4.74 Å². The summed E-state index contributed by atoms with van der Waals surface area (Å²) in [6.07, 6.45) is 1.62. The molecule has 3 rings (SSSR count). The molecule has 0 aromatic carbocycles. The number of nitrogens with zero attached hydrogens (tertiary/aromatic N) is 2. The van der Waals surface area contributed by atoms with Gasteiger partial charge in [0.25, 0.3) is 0 Å². The predicted octanol–water partition coefficient (Wildman–Crippen LogP) is 1.40. The van der Waals surface area contributed by atoms with Gasteiger partial charge in [-0.25, -0.2) is 9.97 Å². The van der Waals surface area contributed by atoms with Gasteiger partial charge in [-0.2, -0.15) is 0 Å². The van der Waals surface area contributed by atoms with Crippen molar-refractivity contribution in [3.05, 3.63) is 17.3 Å². The first-order valence-electron chi connectivity index (χ1n) is 6.09. The molecule has 0 aliphatic carbocycles. The lowest BCUT2D eigenvalue weighted by atomic mass is 10.2. The number of ether oxygens (including phenoxy) is 1. The van der Waals surface area contributed by atoms with Gasteiger partial charge in [0.2, 0.25) is 0 Å². The van der Waals surface area contributed by atoms with E-state index in [1.807, 2.05) is 0 Å². The minimum absolute atomic E-state index is 0.350. The van der Waals surface area contributed by atoms with Gasteiger partial charge in [-0.15, -0.1) is 11.3 Å². The zero-order valence-electron chi connectivity index (χ0n) is 10.3. The van der Waals surface area contributed by atoms with Crippen molar-refractivity contribution in [1.29, 1.82) is 0 Å². The van der Waals surface area contributed by atoms with E-state index in [4.69, 9.17) is 4.74 Å². The molecule has 96 valence electrons. The molecule has 1 saturated heterocycles. The average Bonchev–Trinajstić information content (AvgIpc) is 2.78. The Balaban J connectivity index is 1.73. The number of thiophene rings is 1. The first-order valence-corrected chi connectivity index (χ1v) is 6.91. The number of hydrogen-bond acceptors (Lipinski definition) is 6. The third-order valence-electron chi connectivity index (χ3n) is 2.97. The molecule has 1 atom stereocenters. The molecule has 18 heavy (non-hydrogen) atoms. The van der Waals surface area contributed by atoms with E-state index in [1.54, 1.807) is 17.7 Å². The van der Waals surface area contributed by atoms with Crippen LogP contribution in [0.2, 0.25) is 0 Å². The second kappa shape index (κ2) is 5.17. The number of morpholine rings is 1. The zero-order valence-corrected chi connectivity index (χ0v) is 11.1. The van der Waals surface area contributed by atoms with Crippen LogP contribution in [0.1, 0.15) is 4.88 Å². The van der Waals surface area contributed by atoms with Crippen LogP contribution in [0, 0.1) is 6.92 Å². The van der Waals surface area contributed by atoms with Crippen LogP contribution < -0.4 is 10.6 Å². The van der Waals surface area contributed by atoms with E-state index >= 15 is 0 Å². The summed E-state index contributed by atoms with van der Waals surface area (Å²) < 4.78 is 5.43. The lowest BCUT2D eigenvalue weighted by Crippen LogP contribution is -2.45. The summed E-state index contributed by atoms with van der Waals surface area (Å²) in [5.41, 5.74) is 0. The largest absolute Gasteiger partial charge is 0.378 e. The second-order valence-corrected chi connectivity index (χ2v) is 5.64. The second-order valence-electron chi connectivity index (χ2n) is 4.41. The summed E-state index contributed by atoms with van der Waals surface area (Å²) in [6, 6.07) is 2.48. The Bertz CT molecular complexity index is 536. The molecule has 0 saturated carbocycles. The molecule has 2 aromatic rings. The van der Waals surface area contributed by atoms with E-state index in [-0.39, 0.29) is 0 Å². The predicted molar refractivity (Wildman–Crippen MR) is 73.3 cm³/mol. The Morgan fingerprint density at radius 3 is 3.33 bits per heavy atom. The van der Waals surface area contributed by atoms with Crippen molar-refractivity contribution in [3.63, 3.8) is 0 Å². The summed E-state index contributed by atoms with van der Waals surface area (Å²) in [6.45, 7) is 5.39. The normalized spacial score (nSPS) is 20.2. The molecule has 5 nitrogen and oxygen atoms in total. The monoisotopic (exact) mass is 264 g/mol. The van der Waals surface area contributed by atoms with Gasteiger partial charge in [0.15, 0.2) is 0 Å². The third-order valence-corrected chi connectivity index (χ3v) is 3.93. The Morgan fingerprint density at radius 2 is 2.50 bits per heavy atom. The SMILES string of the molecule is Cc1cc2c(NCC3COCCN3)ncnc2s1. The molecule has 1 aliphatic rings. The molecular formula is C12H16N4OS. The highest BCUT2D eigenvalue weighted by Crippen LogP contribution is 2.27. The summed E-state index contributed by atoms with van der Waals surface area (Å²) in [5.74, 6) is 0.914. The minimum atomic E-state index is 0.350. The molecule has 3 heterocycles. The molecule has 0 bridgehead atoms. The highest BCUT2D eigenvalue weighted by molar-refractivity contribution is 7.18. The molecule has 0 spiro atoms. The van der Waals surface area contributed by atoms with Crippen molar-refractivity contribution in [1.82, 2.24) is 15.3 Å². The molecule has 0 radical (unpaired) electrons. The van der Waals surface area contributed by atoms with Gasteiger partial charge < -0.3 is 15.4 Å². The van der Waals surface area contributed by atoms with Gasteiger partial charge in [-0.05, 0) is 13.0 Å². The number of fused-ring (bicyclic) bond motifs is 1. The summed E-state index contributed by atoms with van der Waals surface area (Å²) in [7, 11) is 0. The van der Waals surface area contributed by atoms with Crippen LogP contribution in [0.5, 0.6) is 0 Å². The van der Waals surface area contributed by atoms with Gasteiger partial charge >= 0.3 is 0 Å². The van der Waals surface area contributed by atoms with E-state index in [0.717, 1.165) is 42.3 Å². The van der Waals surface area contributed by atoms with E-state index in [0.29, 0.717) is 6.04 Å². The molecule has 2 N–H and O–H groups in total. The van der Waals surface area contributed by atoms with Gasteiger partial charge in [-0.3, -0.25) is 0 Å². The average molecular weight is 264 g/mol. The Labute approximate surface area is 110 Å². The number of anilines is 1. The first kappa shape index (κ1) is 11.8. The molecular weight excluding hydrogens is 248 g/mol. The zero-order chi connectivity index (χ0) is 12.4. The van der Waals surface area contributed by atoms with Gasteiger partial charge in [-0.1, -0.05) is 0 Å². The van der Waals surface area contributed by atoms with E-state index < -0.39 is 0 Å². The van der Waals surface area contributed by atoms with Gasteiger partial charge in [0.1, 0.15) is 17.0 Å². The summed E-state index contributed by atoms with van der Waals surface area (Å²) in [4.78, 5) is 10.9. The minimum Gasteiger partial charge on any atom is -0.378 e. The topological polar surface area (TPSA) is 59.1 Å². The van der Waals surface area contributed by atoms with Crippen molar-refractivity contribution < 1.29 is 4.74 Å². The van der Waals surface area contributed by atoms with E-state index in [2.05, 4.69) is 33.6 Å². The van der Waals surface area contributed by atoms with Crippen molar-refractivity contribution in [3.8, 4) is 0 Å².